The van der Waals surface area contributed by atoms with Crippen LogP contribution in [0.4, 0.5) is 0 Å². The predicted molar refractivity (Wildman–Crippen MR) is 129 cm³/mol. The molecule has 0 spiro atoms. The number of esters is 2. The Morgan fingerprint density at radius 2 is 1.65 bits per heavy atom. The van der Waals surface area contributed by atoms with Gasteiger partial charge in [0.05, 0.1) is 13.0 Å². The first-order valence-corrected chi connectivity index (χ1v) is 11.6. The van der Waals surface area contributed by atoms with E-state index in [2.05, 4.69) is 18.8 Å². The van der Waals surface area contributed by atoms with Crippen LogP contribution < -0.4 is 9.47 Å². The number of hydrogen-bond acceptors (Lipinski definition) is 7. The van der Waals surface area contributed by atoms with Crippen LogP contribution in [0.5, 0.6) is 11.5 Å². The molecular weight excluding hydrogens is 434 g/mol. The van der Waals surface area contributed by atoms with Crippen LogP contribution in [0.25, 0.3) is 0 Å². The zero-order chi connectivity index (χ0) is 25.3. The molecule has 184 valence electrons. The molecule has 2 rings (SSSR count). The molecule has 0 amide bonds. The molecule has 1 aromatic heterocycles. The number of ether oxygens (including phenoxy) is 3. The molecule has 7 heteroatoms. The summed E-state index contributed by atoms with van der Waals surface area (Å²) in [5.41, 5.74) is 1.07. The van der Waals surface area contributed by atoms with Crippen LogP contribution in [0, 0.1) is 11.8 Å². The van der Waals surface area contributed by atoms with E-state index >= 15 is 0 Å². The summed E-state index contributed by atoms with van der Waals surface area (Å²) in [5, 5.41) is 0. The molecule has 2 aromatic rings. The molecule has 34 heavy (non-hydrogen) atoms. The highest BCUT2D eigenvalue weighted by atomic mass is 16.6. The second kappa shape index (κ2) is 12.9. The minimum atomic E-state index is -0.699. The number of pyridine rings is 1. The lowest BCUT2D eigenvalue weighted by Gasteiger charge is -2.26. The quantitative estimate of drug-likeness (QED) is 0.304. The molecule has 0 saturated carbocycles. The number of Topliss-reactive ketones (excluding diaryl/α,β-unsaturated/α-hetero) is 1. The van der Waals surface area contributed by atoms with Gasteiger partial charge in [-0.3, -0.25) is 14.4 Å². The molecule has 0 aliphatic heterocycles. The Morgan fingerprint density at radius 1 is 0.971 bits per heavy atom. The van der Waals surface area contributed by atoms with Gasteiger partial charge in [-0.15, -0.1) is 0 Å². The summed E-state index contributed by atoms with van der Waals surface area (Å²) in [6, 6.07) is 11.5. The first-order valence-electron chi connectivity index (χ1n) is 11.6. The molecule has 0 bridgehead atoms. The Hall–Kier alpha value is -3.22. The molecule has 0 aliphatic carbocycles. The minimum Gasteiger partial charge on any atom is -0.493 e. The fraction of sp³-hybridized carbons (Fsp3) is 0.481. The van der Waals surface area contributed by atoms with Crippen LogP contribution >= 0.6 is 0 Å². The zero-order valence-electron chi connectivity index (χ0n) is 20.9. The van der Waals surface area contributed by atoms with Crippen LogP contribution in [0.1, 0.15) is 75.9 Å². The summed E-state index contributed by atoms with van der Waals surface area (Å²) >= 11 is 0. The lowest BCUT2D eigenvalue weighted by Crippen LogP contribution is -2.27. The van der Waals surface area contributed by atoms with Crippen molar-refractivity contribution < 1.29 is 28.6 Å². The molecule has 0 N–H and O–H groups in total. The number of carbonyl (C=O) groups is 3. The van der Waals surface area contributed by atoms with E-state index in [-0.39, 0.29) is 35.6 Å². The zero-order valence-corrected chi connectivity index (χ0v) is 20.9. The van der Waals surface area contributed by atoms with Gasteiger partial charge in [0, 0.05) is 31.5 Å². The summed E-state index contributed by atoms with van der Waals surface area (Å²) in [6.45, 7) is 9.11. The fourth-order valence-corrected chi connectivity index (χ4v) is 3.76. The molecule has 0 fully saturated rings. The highest BCUT2D eigenvalue weighted by Crippen LogP contribution is 2.32. The Labute approximate surface area is 201 Å². The highest BCUT2D eigenvalue weighted by Gasteiger charge is 2.28. The maximum atomic E-state index is 12.9. The molecule has 1 heterocycles. The number of ketones is 1. The molecule has 7 nitrogen and oxygen atoms in total. The molecular formula is C27H35NO6. The maximum absolute atomic E-state index is 12.9. The van der Waals surface area contributed by atoms with Crippen molar-refractivity contribution in [2.45, 2.75) is 65.9 Å². The van der Waals surface area contributed by atoms with Crippen LogP contribution in [0.3, 0.4) is 0 Å². The van der Waals surface area contributed by atoms with Crippen LogP contribution in [0.2, 0.25) is 0 Å². The van der Waals surface area contributed by atoms with Gasteiger partial charge in [-0.2, -0.15) is 0 Å². The van der Waals surface area contributed by atoms with E-state index in [1.165, 1.54) is 26.3 Å². The van der Waals surface area contributed by atoms with Gasteiger partial charge in [0.15, 0.2) is 17.2 Å². The minimum absolute atomic E-state index is 0.0470. The van der Waals surface area contributed by atoms with Crippen molar-refractivity contribution in [3.63, 3.8) is 0 Å². The van der Waals surface area contributed by atoms with Gasteiger partial charge in [0.25, 0.3) is 0 Å². The van der Waals surface area contributed by atoms with Gasteiger partial charge in [-0.25, -0.2) is 4.98 Å². The van der Waals surface area contributed by atoms with Crippen molar-refractivity contribution >= 4 is 17.7 Å². The van der Waals surface area contributed by atoms with E-state index in [0.29, 0.717) is 5.92 Å². The van der Waals surface area contributed by atoms with E-state index in [1.807, 2.05) is 37.3 Å². The topological polar surface area (TPSA) is 91.8 Å². The predicted octanol–water partition coefficient (Wildman–Crippen LogP) is 5.38. The molecule has 0 aliphatic rings. The second-order valence-corrected chi connectivity index (χ2v) is 8.94. The van der Waals surface area contributed by atoms with E-state index in [9.17, 15) is 14.4 Å². The average Bonchev–Trinajstić information content (AvgIpc) is 2.79. The van der Waals surface area contributed by atoms with Crippen LogP contribution in [0.15, 0.2) is 42.6 Å². The first-order chi connectivity index (χ1) is 16.1. The van der Waals surface area contributed by atoms with E-state index in [1.54, 1.807) is 6.92 Å². The monoisotopic (exact) mass is 469 g/mol. The van der Waals surface area contributed by atoms with Crippen molar-refractivity contribution in [1.82, 2.24) is 4.98 Å². The number of hydrogen-bond donors (Lipinski definition) is 0. The standard InChI is InChI=1S/C27H35NO6/c1-17(2)12-13-22(21-10-8-7-9-11-21)19(4)33-27(31)18(3)16-23(30)25-26(34-20(5)29)24(32-6)14-15-28-25/h7-11,14-15,17-19,22H,12-13,16H2,1-6H3/t18-,19+,22+/m1/s1. The lowest BCUT2D eigenvalue weighted by molar-refractivity contribution is -0.153. The summed E-state index contributed by atoms with van der Waals surface area (Å²) in [5.74, 6) is -1.43. The van der Waals surface area contributed by atoms with Gasteiger partial charge in [-0.05, 0) is 24.8 Å². The van der Waals surface area contributed by atoms with Gasteiger partial charge in [-0.1, -0.05) is 57.5 Å². The Kier molecular flexibility index (Phi) is 10.2. The van der Waals surface area contributed by atoms with Crippen molar-refractivity contribution in [2.75, 3.05) is 7.11 Å². The first kappa shape index (κ1) is 27.0. The molecule has 0 radical (unpaired) electrons. The summed E-state index contributed by atoms with van der Waals surface area (Å²) in [4.78, 5) is 41.4. The van der Waals surface area contributed by atoms with E-state index < -0.39 is 23.6 Å². The fourth-order valence-electron chi connectivity index (χ4n) is 3.76. The maximum Gasteiger partial charge on any atom is 0.309 e. The molecule has 3 atom stereocenters. The second-order valence-electron chi connectivity index (χ2n) is 8.94. The molecule has 0 unspecified atom stereocenters. The molecule has 1 aromatic carbocycles. The third-order valence-corrected chi connectivity index (χ3v) is 5.64. The third-order valence-electron chi connectivity index (χ3n) is 5.64. The number of carbonyl (C=O) groups excluding carboxylic acids is 3. The van der Waals surface area contributed by atoms with Gasteiger partial charge < -0.3 is 14.2 Å². The van der Waals surface area contributed by atoms with Gasteiger partial charge in [0.2, 0.25) is 5.75 Å². The summed E-state index contributed by atoms with van der Waals surface area (Å²) < 4.78 is 16.2. The molecule has 0 saturated heterocycles. The summed E-state index contributed by atoms with van der Waals surface area (Å²) in [7, 11) is 1.40. The number of nitrogens with zero attached hydrogens (tertiary/aromatic N) is 1. The SMILES string of the molecule is COc1ccnc(C(=O)C[C@@H](C)C(=O)O[C@@H](C)[C@H](CCC(C)C)c2ccccc2)c1OC(C)=O. The highest BCUT2D eigenvalue weighted by molar-refractivity contribution is 5.99. The lowest BCUT2D eigenvalue weighted by atomic mass is 9.87. The van der Waals surface area contributed by atoms with Crippen LogP contribution in [-0.4, -0.2) is 35.9 Å². The van der Waals surface area contributed by atoms with Gasteiger partial charge >= 0.3 is 11.9 Å². The number of rotatable bonds is 12. The number of aromatic nitrogens is 1. The van der Waals surface area contributed by atoms with Crippen molar-refractivity contribution in [3.05, 3.63) is 53.9 Å². The normalized spacial score (nSPS) is 13.6. The van der Waals surface area contributed by atoms with E-state index in [0.717, 1.165) is 18.4 Å². The largest absolute Gasteiger partial charge is 0.493 e. The Bertz CT molecular complexity index is 972. The van der Waals surface area contributed by atoms with Crippen molar-refractivity contribution in [1.29, 1.82) is 0 Å². The Morgan fingerprint density at radius 3 is 2.24 bits per heavy atom. The average molecular weight is 470 g/mol. The van der Waals surface area contributed by atoms with Crippen molar-refractivity contribution in [3.8, 4) is 11.5 Å². The number of methoxy groups -OCH3 is 1. The van der Waals surface area contributed by atoms with Gasteiger partial charge in [0.1, 0.15) is 6.10 Å². The van der Waals surface area contributed by atoms with Crippen molar-refractivity contribution in [2.24, 2.45) is 11.8 Å². The third kappa shape index (κ3) is 7.68. The number of benzene rings is 1. The Balaban J connectivity index is 2.11. The van der Waals surface area contributed by atoms with Crippen LogP contribution in [-0.2, 0) is 14.3 Å². The van der Waals surface area contributed by atoms with E-state index in [4.69, 9.17) is 14.2 Å². The summed E-state index contributed by atoms with van der Waals surface area (Å²) in [6.07, 6.45) is 2.81. The smallest absolute Gasteiger partial charge is 0.309 e.